The van der Waals surface area contributed by atoms with Gasteiger partial charge >= 0.3 is 0 Å². The maximum absolute atomic E-state index is 13.5. The van der Waals surface area contributed by atoms with Gasteiger partial charge in [-0.05, 0) is 92.9 Å². The molecule has 32 heavy (non-hydrogen) atoms. The molecule has 6 atom stereocenters. The number of carbonyl (C=O) groups is 1. The van der Waals surface area contributed by atoms with Crippen LogP contribution in [0.1, 0.15) is 91.2 Å². The Morgan fingerprint density at radius 2 is 2.00 bits per heavy atom. The van der Waals surface area contributed by atoms with Crippen LogP contribution in [0.15, 0.2) is 12.3 Å². The fraction of sp³-hybridized carbons (Fsp3) is 0.815. The second kappa shape index (κ2) is 8.93. The third kappa shape index (κ3) is 4.28. The van der Waals surface area contributed by atoms with Crippen molar-refractivity contribution in [3.63, 3.8) is 0 Å². The Balaban J connectivity index is 1.53. The summed E-state index contributed by atoms with van der Waals surface area (Å²) in [5, 5.41) is 23.7. The molecule has 0 aromatic carbocycles. The molecule has 1 aromatic rings. The van der Waals surface area contributed by atoms with Crippen molar-refractivity contribution in [3.05, 3.63) is 18.0 Å². The number of ketones is 1. The summed E-state index contributed by atoms with van der Waals surface area (Å²) < 4.78 is 1.64. The predicted molar refractivity (Wildman–Crippen MR) is 125 cm³/mol. The van der Waals surface area contributed by atoms with E-state index in [0.29, 0.717) is 23.4 Å². The van der Waals surface area contributed by atoms with Crippen molar-refractivity contribution >= 4 is 5.78 Å². The van der Waals surface area contributed by atoms with E-state index in [1.807, 2.05) is 6.92 Å². The average molecular weight is 440 g/mol. The number of Topliss-reactive ketones (excluding diaryl/α,β-unsaturated/α-hetero) is 1. The molecule has 176 valence electrons. The first-order chi connectivity index (χ1) is 15.2. The second-order valence-corrected chi connectivity index (χ2v) is 11.8. The first-order valence-electron chi connectivity index (χ1n) is 12.9. The van der Waals surface area contributed by atoms with Crippen molar-refractivity contribution in [2.75, 3.05) is 0 Å². The van der Waals surface area contributed by atoms with Crippen LogP contribution in [0.4, 0.5) is 0 Å². The molecule has 1 N–H and O–H groups in total. The van der Waals surface area contributed by atoms with Gasteiger partial charge in [0.1, 0.15) is 6.07 Å². The van der Waals surface area contributed by atoms with E-state index in [1.54, 1.807) is 16.9 Å². The van der Waals surface area contributed by atoms with Gasteiger partial charge in [-0.15, -0.1) is 0 Å². The van der Waals surface area contributed by atoms with Gasteiger partial charge in [0.15, 0.2) is 11.5 Å². The molecule has 3 aliphatic rings. The van der Waals surface area contributed by atoms with Crippen molar-refractivity contribution in [3.8, 4) is 6.07 Å². The highest BCUT2D eigenvalue weighted by Crippen LogP contribution is 2.64. The van der Waals surface area contributed by atoms with Gasteiger partial charge in [0, 0.05) is 12.1 Å². The standard InChI is InChI=1S/C27H41N3O2/c1-5-6-22-21(19-7-11-26(3,32)12-8-19)9-13-27(4)23(15-18(2)25(22)27)24(31)17-30-14-10-20(16-28)29-30/h10,14,18-19,21-23,25,32H,5-9,11-13,15,17H2,1-4H3/t18-,19-,21-,22-,23-,25+,26+,27-/m1/s1. The first-order valence-corrected chi connectivity index (χ1v) is 12.9. The topological polar surface area (TPSA) is 78.9 Å². The molecule has 0 unspecified atom stereocenters. The number of nitrogens with zero attached hydrogens (tertiary/aromatic N) is 3. The number of hydrogen-bond acceptors (Lipinski definition) is 4. The van der Waals surface area contributed by atoms with Gasteiger partial charge in [0.05, 0.1) is 12.1 Å². The normalized spacial score (nSPS) is 41.8. The SMILES string of the molecule is CCC[C@H]1[C@@H]2[C@H](C)C[C@H](C(=O)Cn3ccc(C#N)n3)[C@@]2(C)CC[C@@H]1[C@H]1CC[C@@](C)(O)CC1. The maximum Gasteiger partial charge on any atom is 0.162 e. The highest BCUT2D eigenvalue weighted by atomic mass is 16.3. The van der Waals surface area contributed by atoms with Gasteiger partial charge in [-0.1, -0.05) is 33.6 Å². The Bertz CT molecular complexity index is 858. The lowest BCUT2D eigenvalue weighted by atomic mass is 9.52. The lowest BCUT2D eigenvalue weighted by molar-refractivity contribution is -0.130. The number of carbonyl (C=O) groups excluding carboxylic acids is 1. The van der Waals surface area contributed by atoms with E-state index in [4.69, 9.17) is 5.26 Å². The Morgan fingerprint density at radius 1 is 1.28 bits per heavy atom. The second-order valence-electron chi connectivity index (χ2n) is 11.8. The van der Waals surface area contributed by atoms with E-state index in [2.05, 4.69) is 31.9 Å². The van der Waals surface area contributed by atoms with Crippen LogP contribution in [0, 0.1) is 52.3 Å². The van der Waals surface area contributed by atoms with Crippen LogP contribution < -0.4 is 0 Å². The van der Waals surface area contributed by atoms with E-state index in [1.165, 1.54) is 19.3 Å². The van der Waals surface area contributed by atoms with Gasteiger partial charge < -0.3 is 5.11 Å². The zero-order chi connectivity index (χ0) is 23.1. The zero-order valence-electron chi connectivity index (χ0n) is 20.4. The molecule has 3 saturated carbocycles. The number of nitriles is 1. The zero-order valence-corrected chi connectivity index (χ0v) is 20.4. The first kappa shape index (κ1) is 23.5. The van der Waals surface area contributed by atoms with Crippen molar-refractivity contribution in [2.45, 2.75) is 97.6 Å². The molecular formula is C27H41N3O2. The van der Waals surface area contributed by atoms with E-state index < -0.39 is 5.60 Å². The molecule has 5 heteroatoms. The van der Waals surface area contributed by atoms with E-state index in [0.717, 1.165) is 50.4 Å². The Hall–Kier alpha value is -1.67. The molecule has 4 rings (SSSR count). The third-order valence-corrected chi connectivity index (χ3v) is 9.60. The van der Waals surface area contributed by atoms with Crippen LogP contribution in [0.25, 0.3) is 0 Å². The number of hydrogen-bond donors (Lipinski definition) is 1. The Labute approximate surface area is 193 Å². The smallest absolute Gasteiger partial charge is 0.162 e. The van der Waals surface area contributed by atoms with Crippen molar-refractivity contribution < 1.29 is 9.90 Å². The molecule has 0 bridgehead atoms. The van der Waals surface area contributed by atoms with Crippen LogP contribution in [0.5, 0.6) is 0 Å². The van der Waals surface area contributed by atoms with Crippen LogP contribution in [0.2, 0.25) is 0 Å². The predicted octanol–water partition coefficient (Wildman–Crippen LogP) is 5.37. The van der Waals surface area contributed by atoms with Crippen LogP contribution in [-0.2, 0) is 11.3 Å². The summed E-state index contributed by atoms with van der Waals surface area (Å²) >= 11 is 0. The molecule has 1 aromatic heterocycles. The highest BCUT2D eigenvalue weighted by Gasteiger charge is 2.59. The number of aliphatic hydroxyl groups is 1. The maximum atomic E-state index is 13.5. The van der Waals surface area contributed by atoms with Gasteiger partial charge in [0.25, 0.3) is 0 Å². The quantitative estimate of drug-likeness (QED) is 0.646. The van der Waals surface area contributed by atoms with Crippen molar-refractivity contribution in [1.29, 1.82) is 5.26 Å². The Kier molecular flexibility index (Phi) is 6.56. The average Bonchev–Trinajstić information content (AvgIpc) is 3.30. The number of fused-ring (bicyclic) bond motifs is 1. The number of rotatable bonds is 6. The monoisotopic (exact) mass is 439 g/mol. The summed E-state index contributed by atoms with van der Waals surface area (Å²) in [5.74, 6) is 3.70. The van der Waals surface area contributed by atoms with E-state index in [-0.39, 0.29) is 23.7 Å². The minimum absolute atomic E-state index is 0.0677. The van der Waals surface area contributed by atoms with Crippen LogP contribution in [-0.4, -0.2) is 26.3 Å². The molecule has 3 aliphatic carbocycles. The molecule has 0 saturated heterocycles. The Morgan fingerprint density at radius 3 is 2.62 bits per heavy atom. The number of aromatic nitrogens is 2. The van der Waals surface area contributed by atoms with Gasteiger partial charge in [-0.3, -0.25) is 9.48 Å². The minimum Gasteiger partial charge on any atom is -0.390 e. The van der Waals surface area contributed by atoms with E-state index >= 15 is 0 Å². The summed E-state index contributed by atoms with van der Waals surface area (Å²) in [6, 6.07) is 3.73. The van der Waals surface area contributed by atoms with E-state index in [9.17, 15) is 9.90 Å². The van der Waals surface area contributed by atoms with Crippen molar-refractivity contribution in [1.82, 2.24) is 9.78 Å². The van der Waals surface area contributed by atoms with Crippen LogP contribution >= 0.6 is 0 Å². The largest absolute Gasteiger partial charge is 0.390 e. The van der Waals surface area contributed by atoms with Crippen LogP contribution in [0.3, 0.4) is 0 Å². The molecule has 0 aliphatic heterocycles. The summed E-state index contributed by atoms with van der Waals surface area (Å²) in [6.07, 6.45) is 11.7. The molecule has 3 fully saturated rings. The lowest BCUT2D eigenvalue weighted by Gasteiger charge is -2.53. The van der Waals surface area contributed by atoms with Gasteiger partial charge in [0.2, 0.25) is 0 Å². The fourth-order valence-corrected chi connectivity index (χ4v) is 8.16. The third-order valence-electron chi connectivity index (χ3n) is 9.60. The fourth-order valence-electron chi connectivity index (χ4n) is 8.16. The van der Waals surface area contributed by atoms with Gasteiger partial charge in [-0.25, -0.2) is 0 Å². The summed E-state index contributed by atoms with van der Waals surface area (Å²) in [6.45, 7) is 9.37. The highest BCUT2D eigenvalue weighted by molar-refractivity contribution is 5.82. The molecule has 5 nitrogen and oxygen atoms in total. The molecule has 1 heterocycles. The molecule has 0 amide bonds. The molecular weight excluding hydrogens is 398 g/mol. The van der Waals surface area contributed by atoms with Crippen molar-refractivity contribution in [2.24, 2.45) is 40.9 Å². The summed E-state index contributed by atoms with van der Waals surface area (Å²) in [4.78, 5) is 13.5. The minimum atomic E-state index is -0.476. The van der Waals surface area contributed by atoms with Gasteiger partial charge in [-0.2, -0.15) is 10.4 Å². The molecule has 0 spiro atoms. The summed E-state index contributed by atoms with van der Waals surface area (Å²) in [5.41, 5.74) is -0.0366. The summed E-state index contributed by atoms with van der Waals surface area (Å²) in [7, 11) is 0. The lowest BCUT2D eigenvalue weighted by Crippen LogP contribution is -2.47. The molecule has 0 radical (unpaired) electrons.